The maximum absolute atomic E-state index is 10.4. The monoisotopic (exact) mass is 132 g/mol. The second-order valence-electron chi connectivity index (χ2n) is 2.82. The fraction of sp³-hybridized carbons (Fsp3) is 0.800. The second-order valence-corrected chi connectivity index (χ2v) is 2.82. The van der Waals surface area contributed by atoms with Gasteiger partial charge in [0.05, 0.1) is 0 Å². The van der Waals surface area contributed by atoms with E-state index in [2.05, 4.69) is 5.32 Å². The molecule has 0 saturated heterocycles. The van der Waals surface area contributed by atoms with Crippen LogP contribution in [0.15, 0.2) is 0 Å². The van der Waals surface area contributed by atoms with E-state index in [1.54, 1.807) is 0 Å². The summed E-state index contributed by atoms with van der Waals surface area (Å²) in [7, 11) is 0. The van der Waals surface area contributed by atoms with Crippen molar-refractivity contribution in [2.45, 2.75) is 26.3 Å². The van der Waals surface area contributed by atoms with E-state index in [-0.39, 0.29) is 5.54 Å². The lowest BCUT2D eigenvalue weighted by Gasteiger charge is -2.18. The van der Waals surface area contributed by atoms with Gasteiger partial charge in [0.25, 0.3) is 0 Å². The number of hydroxylamine groups is 1. The Bertz CT molecular complexity index is 106. The second kappa shape index (κ2) is 2.68. The Morgan fingerprint density at radius 3 is 2.00 bits per heavy atom. The molecule has 0 radical (unpaired) electrons. The molecule has 0 atom stereocenters. The molecule has 0 bridgehead atoms. The average molecular weight is 132 g/mol. The third kappa shape index (κ3) is 5.10. The van der Waals surface area contributed by atoms with Crippen LogP contribution in [-0.4, -0.2) is 16.8 Å². The van der Waals surface area contributed by atoms with E-state index >= 15 is 0 Å². The first-order chi connectivity index (χ1) is 3.95. The number of hydrogen-bond acceptors (Lipinski definition) is 2. The summed E-state index contributed by atoms with van der Waals surface area (Å²) in [6, 6.07) is -0.581. The van der Waals surface area contributed by atoms with Gasteiger partial charge in [-0.2, -0.15) is 0 Å². The van der Waals surface area contributed by atoms with Gasteiger partial charge < -0.3 is 5.32 Å². The Hall–Kier alpha value is -0.770. The smallest absolute Gasteiger partial charge is 0.332 e. The summed E-state index contributed by atoms with van der Waals surface area (Å²) in [5.74, 6) is 0. The molecule has 0 heterocycles. The topological polar surface area (TPSA) is 61.4 Å². The summed E-state index contributed by atoms with van der Waals surface area (Å²) >= 11 is 0. The van der Waals surface area contributed by atoms with E-state index in [1.165, 1.54) is 5.48 Å². The quantitative estimate of drug-likeness (QED) is 0.331. The van der Waals surface area contributed by atoms with Crippen LogP contribution in [0.5, 0.6) is 0 Å². The highest BCUT2D eigenvalue weighted by Crippen LogP contribution is 1.96. The van der Waals surface area contributed by atoms with Crippen molar-refractivity contribution in [3.8, 4) is 0 Å². The van der Waals surface area contributed by atoms with Gasteiger partial charge in [0.1, 0.15) is 0 Å². The minimum absolute atomic E-state index is 0.299. The maximum Gasteiger partial charge on any atom is 0.338 e. The molecule has 0 aliphatic carbocycles. The van der Waals surface area contributed by atoms with Crippen LogP contribution >= 0.6 is 0 Å². The van der Waals surface area contributed by atoms with Crippen LogP contribution in [0.2, 0.25) is 0 Å². The zero-order valence-corrected chi connectivity index (χ0v) is 5.86. The highest BCUT2D eigenvalue weighted by molar-refractivity contribution is 5.73. The molecule has 0 aromatic rings. The van der Waals surface area contributed by atoms with Gasteiger partial charge >= 0.3 is 6.03 Å². The Kier molecular flexibility index (Phi) is 2.45. The van der Waals surface area contributed by atoms with Crippen molar-refractivity contribution >= 4 is 6.03 Å². The van der Waals surface area contributed by atoms with Gasteiger partial charge in [-0.05, 0) is 20.8 Å². The zero-order valence-electron chi connectivity index (χ0n) is 5.86. The molecule has 0 spiro atoms. The lowest BCUT2D eigenvalue weighted by molar-refractivity contribution is 0.155. The zero-order chi connectivity index (χ0) is 7.49. The summed E-state index contributed by atoms with van der Waals surface area (Å²) in [5.41, 5.74) is 1.17. The van der Waals surface area contributed by atoms with Gasteiger partial charge in [-0.25, -0.2) is 10.3 Å². The Labute approximate surface area is 54.2 Å². The molecular formula is C5H12N2O2. The van der Waals surface area contributed by atoms with E-state index in [9.17, 15) is 4.79 Å². The molecule has 3 N–H and O–H groups in total. The summed E-state index contributed by atoms with van der Waals surface area (Å²) in [5, 5.41) is 10.5. The number of carbonyl (C=O) groups is 1. The van der Waals surface area contributed by atoms with Crippen LogP contribution < -0.4 is 10.8 Å². The Balaban J connectivity index is 3.60. The van der Waals surface area contributed by atoms with Crippen LogP contribution in [0.4, 0.5) is 4.79 Å². The van der Waals surface area contributed by atoms with E-state index in [0.717, 1.165) is 0 Å². The first kappa shape index (κ1) is 8.23. The molecule has 0 rings (SSSR count). The number of carbonyl (C=O) groups excluding carboxylic acids is 1. The Morgan fingerprint density at radius 1 is 1.44 bits per heavy atom. The largest absolute Gasteiger partial charge is 0.338 e. The minimum atomic E-state index is -0.581. The van der Waals surface area contributed by atoms with Crippen molar-refractivity contribution in [1.29, 1.82) is 0 Å². The van der Waals surface area contributed by atoms with Crippen molar-refractivity contribution in [2.75, 3.05) is 0 Å². The van der Waals surface area contributed by atoms with Gasteiger partial charge in [-0.3, -0.25) is 5.21 Å². The van der Waals surface area contributed by atoms with Gasteiger partial charge in [0, 0.05) is 5.54 Å². The first-order valence-corrected chi connectivity index (χ1v) is 2.68. The van der Waals surface area contributed by atoms with Crippen LogP contribution in [0.25, 0.3) is 0 Å². The summed E-state index contributed by atoms with van der Waals surface area (Å²) < 4.78 is 0. The molecule has 0 saturated carbocycles. The summed E-state index contributed by atoms with van der Waals surface area (Å²) in [6.07, 6.45) is 0. The predicted octanol–water partition coefficient (Wildman–Crippen LogP) is 0.473. The molecule has 2 amide bonds. The summed E-state index contributed by atoms with van der Waals surface area (Å²) in [6.45, 7) is 5.46. The highest BCUT2D eigenvalue weighted by atomic mass is 16.5. The number of urea groups is 1. The van der Waals surface area contributed by atoms with Gasteiger partial charge in [0.15, 0.2) is 0 Å². The molecule has 0 aromatic heterocycles. The lowest BCUT2D eigenvalue weighted by Crippen LogP contribution is -2.45. The van der Waals surface area contributed by atoms with Crippen molar-refractivity contribution in [2.24, 2.45) is 0 Å². The fourth-order valence-electron chi connectivity index (χ4n) is 0.369. The van der Waals surface area contributed by atoms with Crippen molar-refractivity contribution < 1.29 is 10.0 Å². The first-order valence-electron chi connectivity index (χ1n) is 2.68. The van der Waals surface area contributed by atoms with Crippen molar-refractivity contribution in [1.82, 2.24) is 10.8 Å². The van der Waals surface area contributed by atoms with E-state index in [0.29, 0.717) is 0 Å². The standard InChI is InChI=1S/C5H12N2O2/c1-5(2,3)6-4(8)7-9/h9H,1-3H3,(H2,6,7,8). The van der Waals surface area contributed by atoms with Gasteiger partial charge in [-0.15, -0.1) is 0 Å². The van der Waals surface area contributed by atoms with Crippen LogP contribution in [0.3, 0.4) is 0 Å². The van der Waals surface area contributed by atoms with Crippen LogP contribution in [0, 0.1) is 0 Å². The van der Waals surface area contributed by atoms with Crippen LogP contribution in [-0.2, 0) is 0 Å². The molecule has 0 aromatic carbocycles. The molecule has 0 aliphatic heterocycles. The number of hydrogen-bond donors (Lipinski definition) is 3. The summed E-state index contributed by atoms with van der Waals surface area (Å²) in [4.78, 5) is 10.4. The number of amides is 2. The van der Waals surface area contributed by atoms with Gasteiger partial charge in [0.2, 0.25) is 0 Å². The predicted molar refractivity (Wildman–Crippen MR) is 33.2 cm³/mol. The molecule has 4 heteroatoms. The molecule has 54 valence electrons. The van der Waals surface area contributed by atoms with Crippen molar-refractivity contribution in [3.05, 3.63) is 0 Å². The molecule has 0 fully saturated rings. The Morgan fingerprint density at radius 2 is 1.89 bits per heavy atom. The molecule has 0 aliphatic rings. The maximum atomic E-state index is 10.4. The SMILES string of the molecule is CC(C)(C)NC(=O)NO. The van der Waals surface area contributed by atoms with Gasteiger partial charge in [-0.1, -0.05) is 0 Å². The third-order valence-corrected chi connectivity index (χ3v) is 0.590. The normalized spacial score (nSPS) is 10.7. The van der Waals surface area contributed by atoms with E-state index < -0.39 is 6.03 Å². The van der Waals surface area contributed by atoms with Crippen molar-refractivity contribution in [3.63, 3.8) is 0 Å². The van der Waals surface area contributed by atoms with Crippen LogP contribution in [0.1, 0.15) is 20.8 Å². The minimum Gasteiger partial charge on any atom is -0.332 e. The molecule has 9 heavy (non-hydrogen) atoms. The average Bonchev–Trinajstić information content (AvgIpc) is 1.62. The van der Waals surface area contributed by atoms with E-state index in [1.807, 2.05) is 20.8 Å². The fourth-order valence-corrected chi connectivity index (χ4v) is 0.369. The third-order valence-electron chi connectivity index (χ3n) is 0.590. The highest BCUT2D eigenvalue weighted by Gasteiger charge is 2.11. The number of nitrogens with one attached hydrogen (secondary N) is 2. The molecule has 0 unspecified atom stereocenters. The lowest BCUT2D eigenvalue weighted by atomic mass is 10.1. The number of rotatable bonds is 0. The molecule has 4 nitrogen and oxygen atoms in total. The van der Waals surface area contributed by atoms with E-state index in [4.69, 9.17) is 5.21 Å². The molecular weight excluding hydrogens is 120 g/mol.